The lowest BCUT2D eigenvalue weighted by molar-refractivity contribution is 0.0955. The number of halogens is 1. The predicted molar refractivity (Wildman–Crippen MR) is 111 cm³/mol. The minimum atomic E-state index is -0.285. The average molecular weight is 426 g/mol. The highest BCUT2D eigenvalue weighted by Gasteiger charge is 2.10. The molecule has 6 heteroatoms. The number of hydrogen-bond acceptors (Lipinski definition) is 3. The van der Waals surface area contributed by atoms with Crippen LogP contribution < -0.4 is 10.2 Å². The number of nitrogens with zero attached hydrogens (tertiary/aromatic N) is 2. The number of ether oxygens (including phenoxy) is 1. The Bertz CT molecular complexity index is 991. The van der Waals surface area contributed by atoms with E-state index in [0.29, 0.717) is 11.3 Å². The molecule has 0 saturated carbocycles. The average Bonchev–Trinajstić information content (AvgIpc) is 2.96. The lowest BCUT2D eigenvalue weighted by Gasteiger charge is -2.09. The summed E-state index contributed by atoms with van der Waals surface area (Å²) in [5, 5.41) is 4.11. The van der Waals surface area contributed by atoms with E-state index in [4.69, 9.17) is 4.74 Å². The normalized spacial score (nSPS) is 11.0. The van der Waals surface area contributed by atoms with Crippen molar-refractivity contribution in [3.8, 4) is 11.4 Å². The third kappa shape index (κ3) is 4.28. The van der Waals surface area contributed by atoms with Crippen LogP contribution in [0.4, 0.5) is 0 Å². The van der Waals surface area contributed by atoms with Gasteiger partial charge >= 0.3 is 0 Å². The molecule has 27 heavy (non-hydrogen) atoms. The van der Waals surface area contributed by atoms with Crippen molar-refractivity contribution in [1.82, 2.24) is 9.99 Å². The number of hydrogen-bond donors (Lipinski definition) is 1. The molecular formula is C21H20BrN3O2. The lowest BCUT2D eigenvalue weighted by atomic mass is 10.2. The summed E-state index contributed by atoms with van der Waals surface area (Å²) in [6.45, 7) is 4.07. The Morgan fingerprint density at radius 3 is 2.59 bits per heavy atom. The molecule has 2 aromatic carbocycles. The first-order valence-corrected chi connectivity index (χ1v) is 9.21. The van der Waals surface area contributed by atoms with Gasteiger partial charge in [0, 0.05) is 32.7 Å². The molecule has 0 aliphatic rings. The van der Waals surface area contributed by atoms with Crippen molar-refractivity contribution in [2.24, 2.45) is 5.10 Å². The highest BCUT2D eigenvalue weighted by molar-refractivity contribution is 9.10. The highest BCUT2D eigenvalue weighted by Crippen LogP contribution is 2.21. The molecule has 1 amide bonds. The Morgan fingerprint density at radius 1 is 1.15 bits per heavy atom. The predicted octanol–water partition coefficient (Wildman–Crippen LogP) is 4.63. The van der Waals surface area contributed by atoms with Gasteiger partial charge in [0.1, 0.15) is 5.75 Å². The first kappa shape index (κ1) is 18.9. The van der Waals surface area contributed by atoms with Gasteiger partial charge < -0.3 is 9.30 Å². The number of methoxy groups -OCH3 is 1. The number of amides is 1. The van der Waals surface area contributed by atoms with Crippen LogP contribution in [0.15, 0.2) is 64.2 Å². The van der Waals surface area contributed by atoms with Crippen molar-refractivity contribution in [2.75, 3.05) is 7.11 Å². The molecule has 138 valence electrons. The SMILES string of the molecule is COc1cccc(C(=O)N/N=C\c2cc(C)n(-c3ccc(Br)cc3)c2C)c1. The van der Waals surface area contributed by atoms with Crippen LogP contribution in [0.5, 0.6) is 5.75 Å². The van der Waals surface area contributed by atoms with E-state index in [2.05, 4.69) is 43.2 Å². The highest BCUT2D eigenvalue weighted by atomic mass is 79.9. The summed E-state index contributed by atoms with van der Waals surface area (Å²) in [6.07, 6.45) is 1.66. The van der Waals surface area contributed by atoms with E-state index < -0.39 is 0 Å². The number of benzene rings is 2. The molecule has 1 aromatic heterocycles. The maximum Gasteiger partial charge on any atom is 0.271 e. The minimum Gasteiger partial charge on any atom is -0.497 e. The van der Waals surface area contributed by atoms with E-state index >= 15 is 0 Å². The number of nitrogens with one attached hydrogen (secondary N) is 1. The molecule has 5 nitrogen and oxygen atoms in total. The Balaban J connectivity index is 1.77. The fourth-order valence-corrected chi connectivity index (χ4v) is 3.16. The summed E-state index contributed by atoms with van der Waals surface area (Å²) < 4.78 is 8.32. The van der Waals surface area contributed by atoms with Crippen LogP contribution in [0, 0.1) is 13.8 Å². The Morgan fingerprint density at radius 2 is 1.89 bits per heavy atom. The van der Waals surface area contributed by atoms with Gasteiger partial charge in [-0.05, 0) is 62.4 Å². The van der Waals surface area contributed by atoms with Crippen LogP contribution in [0.2, 0.25) is 0 Å². The molecule has 1 N–H and O–H groups in total. The van der Waals surface area contributed by atoms with Crippen molar-refractivity contribution in [1.29, 1.82) is 0 Å². The first-order valence-electron chi connectivity index (χ1n) is 8.42. The zero-order valence-corrected chi connectivity index (χ0v) is 16.9. The second kappa shape index (κ2) is 8.22. The molecule has 1 heterocycles. The topological polar surface area (TPSA) is 55.6 Å². The van der Waals surface area contributed by atoms with Crippen LogP contribution in [-0.4, -0.2) is 23.8 Å². The minimum absolute atomic E-state index is 0.285. The zero-order chi connectivity index (χ0) is 19.4. The van der Waals surface area contributed by atoms with Gasteiger partial charge in [0.15, 0.2) is 0 Å². The fourth-order valence-electron chi connectivity index (χ4n) is 2.90. The Labute approximate surface area is 166 Å². The van der Waals surface area contributed by atoms with Gasteiger partial charge in [0.05, 0.1) is 13.3 Å². The van der Waals surface area contributed by atoms with Gasteiger partial charge in [0.25, 0.3) is 5.91 Å². The van der Waals surface area contributed by atoms with Crippen LogP contribution >= 0.6 is 15.9 Å². The Hall–Kier alpha value is -2.86. The largest absolute Gasteiger partial charge is 0.497 e. The maximum atomic E-state index is 12.2. The van der Waals surface area contributed by atoms with Crippen molar-refractivity contribution < 1.29 is 9.53 Å². The van der Waals surface area contributed by atoms with Gasteiger partial charge in [-0.3, -0.25) is 4.79 Å². The third-order valence-electron chi connectivity index (χ3n) is 4.26. The van der Waals surface area contributed by atoms with E-state index in [-0.39, 0.29) is 5.91 Å². The number of carbonyl (C=O) groups is 1. The Kier molecular flexibility index (Phi) is 5.76. The molecular weight excluding hydrogens is 406 g/mol. The second-order valence-corrected chi connectivity index (χ2v) is 6.99. The third-order valence-corrected chi connectivity index (χ3v) is 4.79. The van der Waals surface area contributed by atoms with Crippen LogP contribution in [0.3, 0.4) is 0 Å². The molecule has 0 aliphatic carbocycles. The van der Waals surface area contributed by atoms with Gasteiger partial charge in [-0.15, -0.1) is 0 Å². The van der Waals surface area contributed by atoms with Gasteiger partial charge in [-0.1, -0.05) is 22.0 Å². The first-order chi connectivity index (χ1) is 13.0. The molecule has 3 aromatic rings. The number of aromatic nitrogens is 1. The molecule has 0 bridgehead atoms. The molecule has 0 spiro atoms. The fraction of sp³-hybridized carbons (Fsp3) is 0.143. The quantitative estimate of drug-likeness (QED) is 0.478. The van der Waals surface area contributed by atoms with E-state index in [1.165, 1.54) is 0 Å². The molecule has 0 atom stereocenters. The molecule has 0 radical (unpaired) electrons. The van der Waals surface area contributed by atoms with Gasteiger partial charge in [-0.2, -0.15) is 5.10 Å². The summed E-state index contributed by atoms with van der Waals surface area (Å²) in [7, 11) is 1.57. The summed E-state index contributed by atoms with van der Waals surface area (Å²) in [6, 6.07) is 17.1. The van der Waals surface area contributed by atoms with Crippen molar-refractivity contribution in [3.05, 3.63) is 81.6 Å². The van der Waals surface area contributed by atoms with Crippen LogP contribution in [0.1, 0.15) is 27.3 Å². The van der Waals surface area contributed by atoms with Crippen LogP contribution in [-0.2, 0) is 0 Å². The zero-order valence-electron chi connectivity index (χ0n) is 15.4. The summed E-state index contributed by atoms with van der Waals surface area (Å²) >= 11 is 3.46. The smallest absolute Gasteiger partial charge is 0.271 e. The number of hydrazone groups is 1. The molecule has 0 fully saturated rings. The van der Waals surface area contributed by atoms with Crippen LogP contribution in [0.25, 0.3) is 5.69 Å². The van der Waals surface area contributed by atoms with E-state index in [1.807, 2.05) is 32.0 Å². The monoisotopic (exact) mass is 425 g/mol. The van der Waals surface area contributed by atoms with Gasteiger partial charge in [0.2, 0.25) is 0 Å². The molecule has 0 unspecified atom stereocenters. The standard InChI is InChI=1S/C21H20BrN3O2/c1-14-11-17(15(2)25(14)19-9-7-18(22)8-10-19)13-23-24-21(26)16-5-4-6-20(12-16)27-3/h4-13H,1-3H3,(H,24,26)/b23-13-. The second-order valence-electron chi connectivity index (χ2n) is 6.07. The molecule has 3 rings (SSSR count). The van der Waals surface area contributed by atoms with Gasteiger partial charge in [-0.25, -0.2) is 5.43 Å². The summed E-state index contributed by atoms with van der Waals surface area (Å²) in [4.78, 5) is 12.2. The van der Waals surface area contributed by atoms with Crippen molar-refractivity contribution in [3.63, 3.8) is 0 Å². The molecule has 0 saturated heterocycles. The lowest BCUT2D eigenvalue weighted by Crippen LogP contribution is -2.17. The van der Waals surface area contributed by atoms with E-state index in [9.17, 15) is 4.79 Å². The summed E-state index contributed by atoms with van der Waals surface area (Å²) in [5.74, 6) is 0.344. The number of carbonyl (C=O) groups excluding carboxylic acids is 1. The molecule has 0 aliphatic heterocycles. The number of aryl methyl sites for hydroxylation is 1. The summed E-state index contributed by atoms with van der Waals surface area (Å²) in [5.41, 5.74) is 7.22. The van der Waals surface area contributed by atoms with Crippen molar-refractivity contribution >= 4 is 28.1 Å². The van der Waals surface area contributed by atoms with E-state index in [1.54, 1.807) is 37.6 Å². The number of rotatable bonds is 5. The van der Waals surface area contributed by atoms with E-state index in [0.717, 1.165) is 27.1 Å². The van der Waals surface area contributed by atoms with Crippen molar-refractivity contribution in [2.45, 2.75) is 13.8 Å². The maximum absolute atomic E-state index is 12.2.